The van der Waals surface area contributed by atoms with Crippen LogP contribution >= 0.6 is 39.1 Å². The molecule has 3 aromatic carbocycles. The van der Waals surface area contributed by atoms with Crippen molar-refractivity contribution in [3.05, 3.63) is 91.9 Å². The van der Waals surface area contributed by atoms with Gasteiger partial charge in [-0.15, -0.1) is 0 Å². The first kappa shape index (κ1) is 25.7. The number of hydrogen-bond acceptors (Lipinski definition) is 3. The molecular weight excluding hydrogens is 547 g/mol. The highest BCUT2D eigenvalue weighted by atomic mass is 79.9. The van der Waals surface area contributed by atoms with Gasteiger partial charge in [0, 0.05) is 23.8 Å². The van der Waals surface area contributed by atoms with E-state index in [1.807, 2.05) is 32.0 Å². The smallest absolute Gasteiger partial charge is 0.243 e. The molecule has 1 amide bonds. The summed E-state index contributed by atoms with van der Waals surface area (Å²) in [6.45, 7) is 3.57. The van der Waals surface area contributed by atoms with Crippen LogP contribution in [0.5, 0.6) is 0 Å². The molecule has 0 radical (unpaired) electrons. The van der Waals surface area contributed by atoms with Gasteiger partial charge in [0.05, 0.1) is 21.5 Å². The lowest BCUT2D eigenvalue weighted by molar-refractivity contribution is -0.118. The third-order valence-corrected chi connectivity index (χ3v) is 8.43. The van der Waals surface area contributed by atoms with Crippen LogP contribution in [0.4, 0.5) is 5.69 Å². The summed E-state index contributed by atoms with van der Waals surface area (Å²) in [4.78, 5) is 14.7. The normalized spacial score (nSPS) is 11.6. The van der Waals surface area contributed by atoms with Crippen molar-refractivity contribution in [1.29, 1.82) is 0 Å². The Morgan fingerprint density at radius 2 is 1.58 bits per heavy atom. The van der Waals surface area contributed by atoms with Crippen LogP contribution in [0.1, 0.15) is 16.7 Å². The van der Waals surface area contributed by atoms with E-state index in [-0.39, 0.29) is 23.9 Å². The number of sulfonamides is 1. The molecule has 0 aliphatic rings. The molecule has 9 heteroatoms. The zero-order chi connectivity index (χ0) is 24.3. The van der Waals surface area contributed by atoms with Gasteiger partial charge in [-0.25, -0.2) is 8.42 Å². The number of benzene rings is 3. The minimum Gasteiger partial charge on any atom is -0.314 e. The first-order valence-corrected chi connectivity index (χ1v) is 13.0. The fraction of sp³-hybridized carbons (Fsp3) is 0.208. The number of rotatable bonds is 7. The van der Waals surface area contributed by atoms with Gasteiger partial charge in [0.1, 0.15) is 0 Å². The molecule has 0 saturated carbocycles. The lowest BCUT2D eigenvalue weighted by Crippen LogP contribution is -2.41. The van der Waals surface area contributed by atoms with Gasteiger partial charge in [0.15, 0.2) is 0 Å². The van der Waals surface area contributed by atoms with Crippen molar-refractivity contribution in [3.8, 4) is 0 Å². The van der Waals surface area contributed by atoms with E-state index in [4.69, 9.17) is 23.2 Å². The maximum Gasteiger partial charge on any atom is 0.243 e. The highest BCUT2D eigenvalue weighted by Crippen LogP contribution is 2.26. The third-order valence-electron chi connectivity index (χ3n) is 5.36. The number of hydrogen-bond donors (Lipinski definition) is 0. The average molecular weight is 570 g/mol. The summed E-state index contributed by atoms with van der Waals surface area (Å²) < 4.78 is 28.8. The predicted octanol–water partition coefficient (Wildman–Crippen LogP) is 6.23. The molecule has 0 aliphatic heterocycles. The highest BCUT2D eigenvalue weighted by molar-refractivity contribution is 9.10. The summed E-state index contributed by atoms with van der Waals surface area (Å²) in [7, 11) is -2.34. The van der Waals surface area contributed by atoms with E-state index in [9.17, 15) is 13.2 Å². The number of likely N-dealkylation sites (N-methyl/N-ethyl adjacent to an activating group) is 1. The van der Waals surface area contributed by atoms with Crippen molar-refractivity contribution >= 4 is 60.7 Å². The molecule has 0 aliphatic carbocycles. The first-order valence-electron chi connectivity index (χ1n) is 10.0. The summed E-state index contributed by atoms with van der Waals surface area (Å²) in [5, 5.41) is 0.682. The van der Waals surface area contributed by atoms with Gasteiger partial charge in [-0.1, -0.05) is 51.3 Å². The number of nitrogens with zero attached hydrogens (tertiary/aromatic N) is 2. The van der Waals surface area contributed by atoms with Crippen molar-refractivity contribution in [1.82, 2.24) is 4.31 Å². The van der Waals surface area contributed by atoms with E-state index >= 15 is 0 Å². The second-order valence-electron chi connectivity index (χ2n) is 7.70. The molecular formula is C24H23BrCl2N2O3S. The molecule has 174 valence electrons. The summed E-state index contributed by atoms with van der Waals surface area (Å²) in [5.74, 6) is -0.362. The molecule has 0 N–H and O–H groups in total. The molecule has 0 atom stereocenters. The number of carbonyl (C=O) groups is 1. The molecule has 0 spiro atoms. The van der Waals surface area contributed by atoms with Crippen molar-refractivity contribution in [2.24, 2.45) is 0 Å². The second kappa shape index (κ2) is 10.6. The molecule has 0 heterocycles. The SMILES string of the molecule is Cc1ccc(N(C)C(=O)CN(Cc2ccc(Cl)c(Cl)c2)S(=O)(=O)c2ccc(Br)cc2)cc1C. The number of aryl methyl sites for hydroxylation is 2. The van der Waals surface area contributed by atoms with Gasteiger partial charge < -0.3 is 4.90 Å². The zero-order valence-electron chi connectivity index (χ0n) is 18.3. The lowest BCUT2D eigenvalue weighted by Gasteiger charge is -2.25. The number of halogens is 3. The molecule has 5 nitrogen and oxygen atoms in total. The summed E-state index contributed by atoms with van der Waals surface area (Å²) in [6, 6.07) is 16.9. The highest BCUT2D eigenvalue weighted by Gasteiger charge is 2.28. The topological polar surface area (TPSA) is 57.7 Å². The predicted molar refractivity (Wildman–Crippen MR) is 138 cm³/mol. The second-order valence-corrected chi connectivity index (χ2v) is 11.4. The van der Waals surface area contributed by atoms with Crippen LogP contribution in [-0.2, 0) is 21.4 Å². The third kappa shape index (κ3) is 6.16. The van der Waals surface area contributed by atoms with Crippen LogP contribution in [0, 0.1) is 13.8 Å². The van der Waals surface area contributed by atoms with Crippen molar-refractivity contribution in [2.45, 2.75) is 25.3 Å². The maximum atomic E-state index is 13.5. The number of anilines is 1. The van der Waals surface area contributed by atoms with E-state index in [0.717, 1.165) is 19.9 Å². The lowest BCUT2D eigenvalue weighted by atomic mass is 10.1. The molecule has 0 fully saturated rings. The minimum absolute atomic E-state index is 0.0399. The molecule has 0 unspecified atom stereocenters. The standard InChI is InChI=1S/C24H23BrCl2N2O3S/c1-16-4-8-20(12-17(16)2)28(3)24(30)15-29(14-18-5-11-22(26)23(27)13-18)33(31,32)21-9-6-19(25)7-10-21/h4-13H,14-15H2,1-3H3. The molecule has 3 aromatic rings. The van der Waals surface area contributed by atoms with Gasteiger partial charge in [-0.2, -0.15) is 4.31 Å². The van der Waals surface area contributed by atoms with Gasteiger partial charge in [-0.05, 0) is 79.1 Å². The molecule has 0 saturated heterocycles. The van der Waals surface area contributed by atoms with Crippen molar-refractivity contribution in [3.63, 3.8) is 0 Å². The Morgan fingerprint density at radius 1 is 0.909 bits per heavy atom. The fourth-order valence-electron chi connectivity index (χ4n) is 3.16. The summed E-state index contributed by atoms with van der Waals surface area (Å²) >= 11 is 15.5. The molecule has 0 aromatic heterocycles. The van der Waals surface area contributed by atoms with Crippen LogP contribution in [0.2, 0.25) is 10.0 Å². The average Bonchev–Trinajstić information content (AvgIpc) is 2.77. The van der Waals surface area contributed by atoms with E-state index in [1.165, 1.54) is 17.0 Å². The Bertz CT molecular complexity index is 1280. The van der Waals surface area contributed by atoms with Gasteiger partial charge in [-0.3, -0.25) is 4.79 Å². The maximum absolute atomic E-state index is 13.5. The van der Waals surface area contributed by atoms with Gasteiger partial charge >= 0.3 is 0 Å². The number of amides is 1. The first-order chi connectivity index (χ1) is 15.5. The van der Waals surface area contributed by atoms with Gasteiger partial charge in [0.2, 0.25) is 15.9 Å². The largest absolute Gasteiger partial charge is 0.314 e. The van der Waals surface area contributed by atoms with Crippen LogP contribution in [-0.4, -0.2) is 32.2 Å². The Labute approximate surface area is 213 Å². The monoisotopic (exact) mass is 568 g/mol. The Hall–Kier alpha value is -1.90. The number of carbonyl (C=O) groups excluding carboxylic acids is 1. The molecule has 3 rings (SSSR count). The van der Waals surface area contributed by atoms with E-state index in [0.29, 0.717) is 21.3 Å². The quantitative estimate of drug-likeness (QED) is 0.339. The van der Waals surface area contributed by atoms with Crippen LogP contribution in [0.3, 0.4) is 0 Å². The Morgan fingerprint density at radius 3 is 2.18 bits per heavy atom. The molecule has 0 bridgehead atoms. The summed E-state index contributed by atoms with van der Waals surface area (Å²) in [6.07, 6.45) is 0. The van der Waals surface area contributed by atoms with Crippen molar-refractivity contribution in [2.75, 3.05) is 18.5 Å². The fourth-order valence-corrected chi connectivity index (χ4v) is 5.12. The van der Waals surface area contributed by atoms with Crippen LogP contribution < -0.4 is 4.90 Å². The van der Waals surface area contributed by atoms with E-state index in [2.05, 4.69) is 15.9 Å². The van der Waals surface area contributed by atoms with E-state index < -0.39 is 10.0 Å². The minimum atomic E-state index is -3.98. The zero-order valence-corrected chi connectivity index (χ0v) is 22.3. The Balaban J connectivity index is 1.94. The molecule has 33 heavy (non-hydrogen) atoms. The van der Waals surface area contributed by atoms with E-state index in [1.54, 1.807) is 37.4 Å². The van der Waals surface area contributed by atoms with Crippen LogP contribution in [0.25, 0.3) is 0 Å². The Kier molecular flexibility index (Phi) is 8.24. The van der Waals surface area contributed by atoms with Crippen LogP contribution in [0.15, 0.2) is 70.0 Å². The summed E-state index contributed by atoms with van der Waals surface area (Å²) in [5.41, 5.74) is 3.46. The van der Waals surface area contributed by atoms with Crippen molar-refractivity contribution < 1.29 is 13.2 Å². The van der Waals surface area contributed by atoms with Gasteiger partial charge in [0.25, 0.3) is 0 Å².